The molecule has 0 unspecified atom stereocenters. The molecule has 1 rings (SSSR count). The van der Waals surface area contributed by atoms with E-state index in [1.54, 1.807) is 18.2 Å². The molecule has 4 heteroatoms. The molecule has 3 nitrogen and oxygen atoms in total. The first-order valence-electron chi connectivity index (χ1n) is 3.90. The molecule has 0 heterocycles. The summed E-state index contributed by atoms with van der Waals surface area (Å²) in [5.41, 5.74) is 0.763. The van der Waals surface area contributed by atoms with Crippen molar-refractivity contribution in [2.45, 2.75) is 0 Å². The largest absolute Gasteiger partial charge is 0.497 e. The van der Waals surface area contributed by atoms with Gasteiger partial charge in [0.2, 0.25) is 0 Å². The Morgan fingerprint density at radius 1 is 1.64 bits per heavy atom. The number of alkyl halides is 1. The van der Waals surface area contributed by atoms with E-state index in [1.807, 2.05) is 6.07 Å². The van der Waals surface area contributed by atoms with Crippen LogP contribution in [0.25, 0.3) is 0 Å². The van der Waals surface area contributed by atoms with Gasteiger partial charge in [-0.25, -0.2) is 0 Å². The Morgan fingerprint density at radius 2 is 2.36 bits per heavy atom. The maximum Gasteiger partial charge on any atom is 0.174 e. The predicted molar refractivity (Wildman–Crippen MR) is 55.8 cm³/mol. The molecule has 0 bridgehead atoms. The van der Waals surface area contributed by atoms with Crippen molar-refractivity contribution < 1.29 is 9.53 Å². The van der Waals surface area contributed by atoms with Crippen molar-refractivity contribution in [2.24, 2.45) is 0 Å². The number of rotatable bonds is 3. The van der Waals surface area contributed by atoms with Crippen molar-refractivity contribution in [1.82, 2.24) is 0 Å². The highest BCUT2D eigenvalue weighted by atomic mass is 79.9. The maximum atomic E-state index is 11.4. The smallest absolute Gasteiger partial charge is 0.174 e. The zero-order chi connectivity index (χ0) is 10.6. The second kappa shape index (κ2) is 4.77. The monoisotopic (exact) mass is 253 g/mol. The van der Waals surface area contributed by atoms with Gasteiger partial charge in [-0.15, -0.1) is 0 Å². The summed E-state index contributed by atoms with van der Waals surface area (Å²) in [7, 11) is 1.52. The van der Waals surface area contributed by atoms with E-state index in [-0.39, 0.29) is 11.1 Å². The third-order valence-corrected chi connectivity index (χ3v) is 2.28. The van der Waals surface area contributed by atoms with Gasteiger partial charge in [0.15, 0.2) is 5.78 Å². The Morgan fingerprint density at radius 3 is 2.86 bits per heavy atom. The molecule has 0 aromatic heterocycles. The van der Waals surface area contributed by atoms with E-state index in [9.17, 15) is 4.79 Å². The average molecular weight is 254 g/mol. The van der Waals surface area contributed by atoms with Crippen LogP contribution in [0.4, 0.5) is 0 Å². The summed E-state index contributed by atoms with van der Waals surface area (Å²) in [5.74, 6) is 0.453. The van der Waals surface area contributed by atoms with Crippen LogP contribution in [0, 0.1) is 11.3 Å². The van der Waals surface area contributed by atoms with Gasteiger partial charge < -0.3 is 4.74 Å². The highest BCUT2D eigenvalue weighted by Crippen LogP contribution is 2.18. The van der Waals surface area contributed by atoms with Crippen LogP contribution in [0.1, 0.15) is 15.9 Å². The van der Waals surface area contributed by atoms with Gasteiger partial charge in [-0.3, -0.25) is 4.79 Å². The van der Waals surface area contributed by atoms with Crippen LogP contribution in [0.3, 0.4) is 0 Å². The summed E-state index contributed by atoms with van der Waals surface area (Å²) in [4.78, 5) is 11.4. The molecule has 0 aliphatic heterocycles. The van der Waals surface area contributed by atoms with Gasteiger partial charge in [0.25, 0.3) is 0 Å². The van der Waals surface area contributed by atoms with Crippen LogP contribution < -0.4 is 4.74 Å². The quantitative estimate of drug-likeness (QED) is 0.613. The highest BCUT2D eigenvalue weighted by Gasteiger charge is 2.10. The second-order valence-corrected chi connectivity index (χ2v) is 3.14. The van der Waals surface area contributed by atoms with E-state index >= 15 is 0 Å². The number of Topliss-reactive ketones (excluding diaryl/α,β-unsaturated/α-hetero) is 1. The molecule has 0 N–H and O–H groups in total. The van der Waals surface area contributed by atoms with E-state index in [0.29, 0.717) is 16.9 Å². The molecule has 1 aromatic rings. The topological polar surface area (TPSA) is 50.1 Å². The standard InChI is InChI=1S/C10H8BrNO2/c1-14-8-3-2-7(6-12)9(4-8)10(13)5-11/h2-4H,5H2,1H3. The number of ether oxygens (including phenoxy) is 1. The van der Waals surface area contributed by atoms with Gasteiger partial charge >= 0.3 is 0 Å². The fourth-order valence-electron chi connectivity index (χ4n) is 1.05. The molecule has 14 heavy (non-hydrogen) atoms. The van der Waals surface area contributed by atoms with Crippen LogP contribution in [0.2, 0.25) is 0 Å². The van der Waals surface area contributed by atoms with Crippen molar-refractivity contribution in [3.63, 3.8) is 0 Å². The van der Waals surface area contributed by atoms with Gasteiger partial charge in [0.1, 0.15) is 5.75 Å². The van der Waals surface area contributed by atoms with Crippen LogP contribution in [-0.4, -0.2) is 18.2 Å². The number of methoxy groups -OCH3 is 1. The van der Waals surface area contributed by atoms with Crippen LogP contribution in [0.5, 0.6) is 5.75 Å². The molecule has 72 valence electrons. The van der Waals surface area contributed by atoms with E-state index < -0.39 is 0 Å². The van der Waals surface area contributed by atoms with Crippen LogP contribution >= 0.6 is 15.9 Å². The molecule has 0 saturated carbocycles. The Kier molecular flexibility index (Phi) is 3.66. The highest BCUT2D eigenvalue weighted by molar-refractivity contribution is 9.09. The zero-order valence-corrected chi connectivity index (χ0v) is 9.17. The van der Waals surface area contributed by atoms with Gasteiger partial charge in [0, 0.05) is 5.56 Å². The number of nitriles is 1. The fourth-order valence-corrected chi connectivity index (χ4v) is 1.35. The van der Waals surface area contributed by atoms with Gasteiger partial charge in [-0.2, -0.15) is 5.26 Å². The third-order valence-electron chi connectivity index (χ3n) is 1.77. The lowest BCUT2D eigenvalue weighted by molar-refractivity contribution is 0.102. The van der Waals surface area contributed by atoms with Gasteiger partial charge in [0.05, 0.1) is 24.1 Å². The summed E-state index contributed by atoms with van der Waals surface area (Å²) < 4.78 is 4.97. The molecule has 0 amide bonds. The van der Waals surface area contributed by atoms with Crippen molar-refractivity contribution in [3.8, 4) is 11.8 Å². The third kappa shape index (κ3) is 2.12. The maximum absolute atomic E-state index is 11.4. The molecule has 0 spiro atoms. The first-order chi connectivity index (χ1) is 6.72. The minimum Gasteiger partial charge on any atom is -0.497 e. The van der Waals surface area contributed by atoms with Crippen molar-refractivity contribution in [1.29, 1.82) is 5.26 Å². The normalized spacial score (nSPS) is 9.21. The number of carbonyl (C=O) groups excluding carboxylic acids is 1. The number of nitrogens with zero attached hydrogens (tertiary/aromatic N) is 1. The first-order valence-corrected chi connectivity index (χ1v) is 5.02. The summed E-state index contributed by atoms with van der Waals surface area (Å²) in [6.45, 7) is 0. The molecule has 1 aromatic carbocycles. The minimum atomic E-state index is -0.125. The molecular formula is C10H8BrNO2. The molecule has 0 radical (unpaired) electrons. The van der Waals surface area contributed by atoms with E-state index in [0.717, 1.165) is 0 Å². The Hall–Kier alpha value is -1.34. The molecule has 0 fully saturated rings. The van der Waals surface area contributed by atoms with Crippen molar-refractivity contribution >= 4 is 21.7 Å². The second-order valence-electron chi connectivity index (χ2n) is 2.58. The lowest BCUT2D eigenvalue weighted by atomic mass is 10.1. The summed E-state index contributed by atoms with van der Waals surface area (Å²) in [6.07, 6.45) is 0. The van der Waals surface area contributed by atoms with E-state index in [1.165, 1.54) is 7.11 Å². The van der Waals surface area contributed by atoms with Crippen molar-refractivity contribution in [2.75, 3.05) is 12.4 Å². The number of carbonyl (C=O) groups is 1. The number of benzene rings is 1. The molecular weight excluding hydrogens is 246 g/mol. The predicted octanol–water partition coefficient (Wildman–Crippen LogP) is 2.14. The molecule has 0 saturated heterocycles. The number of halogens is 1. The van der Waals surface area contributed by atoms with Gasteiger partial charge in [-0.1, -0.05) is 15.9 Å². The summed E-state index contributed by atoms with van der Waals surface area (Å²) in [5, 5.41) is 8.97. The fraction of sp³-hybridized carbons (Fsp3) is 0.200. The van der Waals surface area contributed by atoms with Gasteiger partial charge in [-0.05, 0) is 18.2 Å². The Labute approximate surface area is 90.4 Å². The molecule has 0 aliphatic carbocycles. The van der Waals surface area contributed by atoms with E-state index in [2.05, 4.69) is 15.9 Å². The van der Waals surface area contributed by atoms with Crippen molar-refractivity contribution in [3.05, 3.63) is 29.3 Å². The molecule has 0 atom stereocenters. The van der Waals surface area contributed by atoms with E-state index in [4.69, 9.17) is 10.00 Å². The summed E-state index contributed by atoms with van der Waals surface area (Å²) >= 11 is 3.06. The Balaban J connectivity index is 3.23. The lowest BCUT2D eigenvalue weighted by Gasteiger charge is -2.03. The zero-order valence-electron chi connectivity index (χ0n) is 7.58. The first kappa shape index (κ1) is 10.7. The Bertz CT molecular complexity index is 396. The lowest BCUT2D eigenvalue weighted by Crippen LogP contribution is -2.03. The SMILES string of the molecule is COc1ccc(C#N)c(C(=O)CBr)c1. The average Bonchev–Trinajstić information content (AvgIpc) is 2.27. The minimum absolute atomic E-state index is 0.125. The molecule has 0 aliphatic rings. The van der Waals surface area contributed by atoms with Crippen LogP contribution in [-0.2, 0) is 0 Å². The number of ketones is 1. The number of hydrogen-bond acceptors (Lipinski definition) is 3. The number of hydrogen-bond donors (Lipinski definition) is 0. The van der Waals surface area contributed by atoms with Crippen LogP contribution in [0.15, 0.2) is 18.2 Å². The summed E-state index contributed by atoms with van der Waals surface area (Å²) in [6, 6.07) is 6.77.